The Morgan fingerprint density at radius 2 is 0.288 bits per heavy atom. The summed E-state index contributed by atoms with van der Waals surface area (Å²) in [5.74, 6) is 0. The minimum atomic E-state index is 1.36. The van der Waals surface area contributed by atoms with Gasteiger partial charge in [-0.1, -0.05) is 196 Å². The van der Waals surface area contributed by atoms with Gasteiger partial charge in [0.25, 0.3) is 0 Å². The van der Waals surface area contributed by atoms with E-state index in [1.807, 2.05) is 0 Å². The summed E-state index contributed by atoms with van der Waals surface area (Å²) < 4.78 is 2.71. The molecular weight excluding hydrogens is 629 g/mol. The van der Waals surface area contributed by atoms with Gasteiger partial charge in [0.1, 0.15) is 0 Å². The number of unbranched alkanes of at least 4 members (excludes halogenated alkanes) is 30. The Morgan fingerprint density at radius 1 is 0.173 bits per heavy atom. The predicted molar refractivity (Wildman–Crippen MR) is 242 cm³/mol. The van der Waals surface area contributed by atoms with E-state index in [1.165, 1.54) is 279 Å². The monoisotopic (exact) mass is 737 g/mol. The van der Waals surface area contributed by atoms with Crippen molar-refractivity contribution in [2.45, 2.75) is 273 Å². The summed E-state index contributed by atoms with van der Waals surface area (Å²) >= 11 is 0. The third-order valence-corrected chi connectivity index (χ3v) is 12.3. The van der Waals surface area contributed by atoms with Crippen LogP contribution in [0.15, 0.2) is 0 Å². The molecule has 0 aliphatic carbocycles. The van der Waals surface area contributed by atoms with Gasteiger partial charge < -0.3 is 8.97 Å². The topological polar surface area (TPSA) is 0 Å². The van der Waals surface area contributed by atoms with E-state index in [-0.39, 0.29) is 0 Å². The molecule has 0 bridgehead atoms. The van der Waals surface area contributed by atoms with E-state index in [4.69, 9.17) is 0 Å². The summed E-state index contributed by atoms with van der Waals surface area (Å²) in [6.45, 7) is 22.4. The first-order valence-electron chi connectivity index (χ1n) is 25.0. The zero-order chi connectivity index (χ0) is 38.7. The fourth-order valence-electron chi connectivity index (χ4n) is 8.31. The second-order valence-corrected chi connectivity index (χ2v) is 18.2. The van der Waals surface area contributed by atoms with Crippen LogP contribution in [0.4, 0.5) is 0 Å². The van der Waals surface area contributed by atoms with Crippen molar-refractivity contribution in [1.29, 1.82) is 0 Å². The van der Waals surface area contributed by atoms with E-state index in [0.717, 1.165) is 0 Å². The Kier molecular flexibility index (Phi) is 45.3. The van der Waals surface area contributed by atoms with E-state index >= 15 is 0 Å². The molecule has 0 N–H and O–H groups in total. The molecular formula is C50H108N2+2. The molecule has 0 fully saturated rings. The van der Waals surface area contributed by atoms with Gasteiger partial charge in [-0.3, -0.25) is 0 Å². The maximum Gasteiger partial charge on any atom is 0.0784 e. The standard InChI is InChI=1S/2C25H54N/c2*1-5-8-11-14-17-20-23-26(4,24-21-18-15-12-9-6-2)25-22-19-16-13-10-7-3/h2*5-25H2,1-4H3/q2*+1. The van der Waals surface area contributed by atoms with Gasteiger partial charge >= 0.3 is 0 Å². The van der Waals surface area contributed by atoms with Crippen LogP contribution in [0.5, 0.6) is 0 Å². The SMILES string of the molecule is CCCCCCCC[N+](C)(CCCCCCCC)CCCCCCCC.CCCCCCCC[N+](C)(CCCCCCCC)CCCCCCCC. The van der Waals surface area contributed by atoms with Gasteiger partial charge in [-0.25, -0.2) is 0 Å². The van der Waals surface area contributed by atoms with Crippen molar-refractivity contribution in [3.05, 3.63) is 0 Å². The first-order valence-corrected chi connectivity index (χ1v) is 25.0. The van der Waals surface area contributed by atoms with Crippen molar-refractivity contribution < 1.29 is 8.97 Å². The van der Waals surface area contributed by atoms with E-state index in [2.05, 4.69) is 55.6 Å². The summed E-state index contributed by atoms with van der Waals surface area (Å²) in [5, 5.41) is 0. The van der Waals surface area contributed by atoms with Gasteiger partial charge in [0.05, 0.1) is 53.4 Å². The molecule has 316 valence electrons. The lowest BCUT2D eigenvalue weighted by Gasteiger charge is -2.35. The lowest BCUT2D eigenvalue weighted by Crippen LogP contribution is -2.46. The molecule has 0 saturated carbocycles. The van der Waals surface area contributed by atoms with Crippen molar-refractivity contribution in [3.63, 3.8) is 0 Å². The Bertz CT molecular complexity index is 494. The van der Waals surface area contributed by atoms with E-state index in [0.29, 0.717) is 0 Å². The molecule has 0 atom stereocenters. The Morgan fingerprint density at radius 3 is 0.423 bits per heavy atom. The molecule has 0 rings (SSSR count). The zero-order valence-corrected chi connectivity index (χ0v) is 38.6. The maximum atomic E-state index is 2.56. The number of quaternary nitrogens is 2. The second kappa shape index (κ2) is 43.6. The third kappa shape index (κ3) is 41.1. The lowest BCUT2D eigenvalue weighted by atomic mass is 10.1. The highest BCUT2D eigenvalue weighted by atomic mass is 15.3. The molecule has 0 radical (unpaired) electrons. The van der Waals surface area contributed by atoms with E-state index < -0.39 is 0 Å². The van der Waals surface area contributed by atoms with Crippen LogP contribution in [-0.2, 0) is 0 Å². The highest BCUT2D eigenvalue weighted by Crippen LogP contribution is 2.18. The first kappa shape index (κ1) is 54.0. The van der Waals surface area contributed by atoms with Gasteiger partial charge in [0.15, 0.2) is 0 Å². The van der Waals surface area contributed by atoms with Crippen LogP contribution in [0.1, 0.15) is 273 Å². The fraction of sp³-hybridized carbons (Fsp3) is 1.00. The van der Waals surface area contributed by atoms with Gasteiger partial charge in [-0.05, 0) is 77.0 Å². The van der Waals surface area contributed by atoms with Crippen LogP contribution in [0, 0.1) is 0 Å². The summed E-state index contributed by atoms with van der Waals surface area (Å²) in [6.07, 6.45) is 51.7. The van der Waals surface area contributed by atoms with Crippen LogP contribution in [0.2, 0.25) is 0 Å². The van der Waals surface area contributed by atoms with Crippen molar-refractivity contribution in [2.75, 3.05) is 53.4 Å². The predicted octanol–water partition coefficient (Wildman–Crippen LogP) is 17.0. The fourth-order valence-corrected chi connectivity index (χ4v) is 8.31. The molecule has 0 aliphatic rings. The Balaban J connectivity index is 0. The zero-order valence-electron chi connectivity index (χ0n) is 38.6. The van der Waals surface area contributed by atoms with Gasteiger partial charge in [-0.2, -0.15) is 0 Å². The average Bonchev–Trinajstić information content (AvgIpc) is 3.14. The Labute approximate surface area is 334 Å². The van der Waals surface area contributed by atoms with Crippen LogP contribution >= 0.6 is 0 Å². The summed E-state index contributed by atoms with van der Waals surface area (Å²) in [6, 6.07) is 0. The molecule has 0 aromatic rings. The molecule has 0 aliphatic heterocycles. The molecule has 2 nitrogen and oxygen atoms in total. The smallest absolute Gasteiger partial charge is 0.0784 e. The van der Waals surface area contributed by atoms with E-state index in [9.17, 15) is 0 Å². The molecule has 0 aromatic carbocycles. The van der Waals surface area contributed by atoms with Crippen molar-refractivity contribution in [3.8, 4) is 0 Å². The second-order valence-electron chi connectivity index (χ2n) is 18.2. The van der Waals surface area contributed by atoms with Gasteiger partial charge in [-0.15, -0.1) is 0 Å². The summed E-state index contributed by atoms with van der Waals surface area (Å²) in [5.41, 5.74) is 0. The molecule has 0 saturated heterocycles. The molecule has 0 amide bonds. The van der Waals surface area contributed by atoms with Gasteiger partial charge in [0.2, 0.25) is 0 Å². The lowest BCUT2D eigenvalue weighted by molar-refractivity contribution is -0.910. The Hall–Kier alpha value is -0.0800. The molecule has 0 aromatic heterocycles. The average molecular weight is 737 g/mol. The van der Waals surface area contributed by atoms with Crippen LogP contribution in [0.25, 0.3) is 0 Å². The minimum Gasteiger partial charge on any atom is -0.326 e. The van der Waals surface area contributed by atoms with Crippen LogP contribution in [-0.4, -0.2) is 62.3 Å². The number of hydrogen-bond donors (Lipinski definition) is 0. The first-order chi connectivity index (χ1) is 25.4. The minimum absolute atomic E-state index is 1.36. The van der Waals surface area contributed by atoms with Crippen molar-refractivity contribution in [1.82, 2.24) is 0 Å². The quantitative estimate of drug-likeness (QED) is 0.0432. The highest BCUT2D eigenvalue weighted by Gasteiger charge is 2.21. The largest absolute Gasteiger partial charge is 0.326 e. The van der Waals surface area contributed by atoms with Crippen molar-refractivity contribution in [2.24, 2.45) is 0 Å². The van der Waals surface area contributed by atoms with E-state index in [1.54, 1.807) is 0 Å². The molecule has 0 spiro atoms. The number of hydrogen-bond acceptors (Lipinski definition) is 0. The summed E-state index contributed by atoms with van der Waals surface area (Å²) in [4.78, 5) is 0. The highest BCUT2D eigenvalue weighted by molar-refractivity contribution is 4.53. The maximum absolute atomic E-state index is 2.56. The molecule has 52 heavy (non-hydrogen) atoms. The van der Waals surface area contributed by atoms with Crippen molar-refractivity contribution >= 4 is 0 Å². The third-order valence-electron chi connectivity index (χ3n) is 12.3. The number of rotatable bonds is 42. The van der Waals surface area contributed by atoms with Gasteiger partial charge in [0, 0.05) is 0 Å². The molecule has 2 heteroatoms. The van der Waals surface area contributed by atoms with Crippen LogP contribution in [0.3, 0.4) is 0 Å². The normalized spacial score (nSPS) is 12.0. The van der Waals surface area contributed by atoms with Crippen LogP contribution < -0.4 is 0 Å². The molecule has 0 unspecified atom stereocenters. The summed E-state index contributed by atoms with van der Waals surface area (Å²) in [7, 11) is 5.12. The number of nitrogens with zero attached hydrogens (tertiary/aromatic N) is 2. The molecule has 0 heterocycles.